The maximum absolute atomic E-state index is 13.3. The van der Waals surface area contributed by atoms with E-state index in [0.717, 1.165) is 50.5 Å². The molecule has 2 fully saturated rings. The molecule has 0 bridgehead atoms. The Balaban J connectivity index is 1.71. The standard InChI is InChI=1S/C21H26O5/c1-25-17-9-8-14(16-12-21(26-19(16)17)10-4-5-11-21)18(22)13-6-2-3-7-15(13)20(23)24/h8-9,13,15H,2-7,10-12H2,1H3,(H,23,24)/t13-,15+/m0/s1. The molecule has 3 aliphatic rings. The summed E-state index contributed by atoms with van der Waals surface area (Å²) >= 11 is 0. The van der Waals surface area contributed by atoms with Crippen LogP contribution in [-0.2, 0) is 11.2 Å². The number of methoxy groups -OCH3 is 1. The summed E-state index contributed by atoms with van der Waals surface area (Å²) in [6.07, 6.45) is 8.05. The molecular formula is C21H26O5. The van der Waals surface area contributed by atoms with Crippen LogP contribution >= 0.6 is 0 Å². The van der Waals surface area contributed by atoms with Crippen LogP contribution in [0, 0.1) is 11.8 Å². The summed E-state index contributed by atoms with van der Waals surface area (Å²) in [5, 5.41) is 9.55. The molecule has 1 N–H and O–H groups in total. The highest BCUT2D eigenvalue weighted by Crippen LogP contribution is 2.50. The van der Waals surface area contributed by atoms with Gasteiger partial charge in [0.05, 0.1) is 13.0 Å². The molecule has 1 aromatic rings. The number of ketones is 1. The third kappa shape index (κ3) is 2.78. The first-order valence-corrected chi connectivity index (χ1v) is 9.70. The monoisotopic (exact) mass is 358 g/mol. The lowest BCUT2D eigenvalue weighted by Crippen LogP contribution is -2.33. The van der Waals surface area contributed by atoms with Crippen molar-refractivity contribution in [2.24, 2.45) is 11.8 Å². The third-order valence-electron chi connectivity index (χ3n) is 6.46. The highest BCUT2D eigenvalue weighted by atomic mass is 16.5. The fourth-order valence-electron chi connectivity index (χ4n) is 5.10. The zero-order valence-corrected chi connectivity index (χ0v) is 15.3. The minimum absolute atomic E-state index is 0.0327. The Morgan fingerprint density at radius 2 is 1.81 bits per heavy atom. The fraction of sp³-hybridized carbons (Fsp3) is 0.619. The molecule has 0 unspecified atom stereocenters. The van der Waals surface area contributed by atoms with Crippen molar-refractivity contribution in [2.45, 2.75) is 63.4 Å². The molecule has 0 radical (unpaired) electrons. The van der Waals surface area contributed by atoms with E-state index >= 15 is 0 Å². The molecule has 4 rings (SSSR count). The Hall–Kier alpha value is -2.04. The number of Topliss-reactive ketones (excluding diaryl/α,β-unsaturated/α-hetero) is 1. The maximum atomic E-state index is 13.3. The lowest BCUT2D eigenvalue weighted by Gasteiger charge is -2.28. The second kappa shape index (κ2) is 6.60. The van der Waals surface area contributed by atoms with Gasteiger partial charge < -0.3 is 14.6 Å². The van der Waals surface area contributed by atoms with Gasteiger partial charge in [-0.25, -0.2) is 0 Å². The van der Waals surface area contributed by atoms with Crippen molar-refractivity contribution in [1.82, 2.24) is 0 Å². The van der Waals surface area contributed by atoms with E-state index < -0.39 is 17.8 Å². The summed E-state index contributed by atoms with van der Waals surface area (Å²) in [7, 11) is 1.61. The number of hydrogen-bond acceptors (Lipinski definition) is 4. The Morgan fingerprint density at radius 1 is 1.12 bits per heavy atom. The van der Waals surface area contributed by atoms with Gasteiger partial charge in [-0.3, -0.25) is 9.59 Å². The number of rotatable bonds is 4. The van der Waals surface area contributed by atoms with Crippen LogP contribution < -0.4 is 9.47 Å². The second-order valence-corrected chi connectivity index (χ2v) is 7.99. The van der Waals surface area contributed by atoms with E-state index in [1.165, 1.54) is 0 Å². The number of carbonyl (C=O) groups excluding carboxylic acids is 1. The minimum Gasteiger partial charge on any atom is -0.493 e. The molecule has 2 aliphatic carbocycles. The van der Waals surface area contributed by atoms with Gasteiger partial charge in [0, 0.05) is 23.5 Å². The van der Waals surface area contributed by atoms with E-state index in [-0.39, 0.29) is 11.4 Å². The van der Waals surface area contributed by atoms with E-state index in [0.29, 0.717) is 29.9 Å². The third-order valence-corrected chi connectivity index (χ3v) is 6.46. The number of ether oxygens (including phenoxy) is 2. The van der Waals surface area contributed by atoms with Gasteiger partial charge in [0.15, 0.2) is 17.3 Å². The van der Waals surface area contributed by atoms with Crippen molar-refractivity contribution >= 4 is 11.8 Å². The molecule has 140 valence electrons. The van der Waals surface area contributed by atoms with Gasteiger partial charge in [0.1, 0.15) is 5.60 Å². The summed E-state index contributed by atoms with van der Waals surface area (Å²) in [6, 6.07) is 3.60. The summed E-state index contributed by atoms with van der Waals surface area (Å²) in [5.41, 5.74) is 1.36. The first-order valence-electron chi connectivity index (χ1n) is 9.70. The fourth-order valence-corrected chi connectivity index (χ4v) is 5.10. The zero-order valence-electron chi connectivity index (χ0n) is 15.3. The molecule has 1 heterocycles. The SMILES string of the molecule is COc1ccc(C(=O)[C@H]2CCCC[C@H]2C(=O)O)c2c1OC1(CCCC1)C2. The first-order chi connectivity index (χ1) is 12.5. The predicted octanol–water partition coefficient (Wildman–Crippen LogP) is 4.02. The highest BCUT2D eigenvalue weighted by Gasteiger charge is 2.46. The van der Waals surface area contributed by atoms with E-state index in [1.54, 1.807) is 13.2 Å². The normalized spacial score (nSPS) is 26.3. The van der Waals surface area contributed by atoms with Gasteiger partial charge in [-0.1, -0.05) is 12.8 Å². The van der Waals surface area contributed by atoms with E-state index in [9.17, 15) is 14.7 Å². The van der Waals surface area contributed by atoms with E-state index in [4.69, 9.17) is 9.47 Å². The molecule has 5 heteroatoms. The summed E-state index contributed by atoms with van der Waals surface area (Å²) in [4.78, 5) is 25.0. The van der Waals surface area contributed by atoms with Gasteiger partial charge in [0.2, 0.25) is 0 Å². The van der Waals surface area contributed by atoms with Crippen molar-refractivity contribution in [3.63, 3.8) is 0 Å². The molecule has 2 atom stereocenters. The molecule has 0 amide bonds. The van der Waals surface area contributed by atoms with Crippen molar-refractivity contribution in [3.8, 4) is 11.5 Å². The first kappa shape index (κ1) is 17.4. The summed E-state index contributed by atoms with van der Waals surface area (Å²) in [6.45, 7) is 0. The van der Waals surface area contributed by atoms with Crippen LogP contribution in [0.1, 0.15) is 67.3 Å². The van der Waals surface area contributed by atoms with Crippen LogP contribution in [0.4, 0.5) is 0 Å². The van der Waals surface area contributed by atoms with Crippen LogP contribution in [0.15, 0.2) is 12.1 Å². The van der Waals surface area contributed by atoms with Gasteiger partial charge in [-0.15, -0.1) is 0 Å². The molecule has 1 aromatic carbocycles. The molecule has 1 aliphatic heterocycles. The van der Waals surface area contributed by atoms with Gasteiger partial charge in [-0.2, -0.15) is 0 Å². The largest absolute Gasteiger partial charge is 0.493 e. The van der Waals surface area contributed by atoms with E-state index in [1.807, 2.05) is 6.07 Å². The molecule has 2 saturated carbocycles. The van der Waals surface area contributed by atoms with E-state index in [2.05, 4.69) is 0 Å². The van der Waals surface area contributed by atoms with Crippen LogP contribution in [0.25, 0.3) is 0 Å². The van der Waals surface area contributed by atoms with Crippen molar-refractivity contribution in [3.05, 3.63) is 23.3 Å². The Labute approximate surface area is 153 Å². The molecular weight excluding hydrogens is 332 g/mol. The minimum atomic E-state index is -0.850. The topological polar surface area (TPSA) is 72.8 Å². The number of aliphatic carboxylic acids is 1. The maximum Gasteiger partial charge on any atom is 0.307 e. The predicted molar refractivity (Wildman–Crippen MR) is 95.9 cm³/mol. The Bertz CT molecular complexity index is 732. The average Bonchev–Trinajstić information content (AvgIpc) is 3.26. The average molecular weight is 358 g/mol. The Kier molecular flexibility index (Phi) is 4.41. The lowest BCUT2D eigenvalue weighted by molar-refractivity contribution is -0.144. The summed E-state index contributed by atoms with van der Waals surface area (Å²) in [5.74, 6) is -0.524. The molecule has 1 spiro atoms. The van der Waals surface area contributed by atoms with Gasteiger partial charge in [-0.05, 0) is 50.7 Å². The number of fused-ring (bicyclic) bond motifs is 1. The second-order valence-electron chi connectivity index (χ2n) is 7.99. The molecule has 5 nitrogen and oxygen atoms in total. The smallest absolute Gasteiger partial charge is 0.307 e. The quantitative estimate of drug-likeness (QED) is 0.823. The van der Waals surface area contributed by atoms with Crippen molar-refractivity contribution < 1.29 is 24.2 Å². The van der Waals surface area contributed by atoms with Crippen LogP contribution in [-0.4, -0.2) is 29.6 Å². The van der Waals surface area contributed by atoms with Gasteiger partial charge >= 0.3 is 5.97 Å². The Morgan fingerprint density at radius 3 is 2.46 bits per heavy atom. The van der Waals surface area contributed by atoms with Crippen LogP contribution in [0.3, 0.4) is 0 Å². The lowest BCUT2D eigenvalue weighted by atomic mass is 9.74. The highest BCUT2D eigenvalue weighted by molar-refractivity contribution is 6.02. The van der Waals surface area contributed by atoms with Crippen molar-refractivity contribution in [2.75, 3.05) is 7.11 Å². The number of benzene rings is 1. The molecule has 0 aromatic heterocycles. The van der Waals surface area contributed by atoms with Crippen molar-refractivity contribution in [1.29, 1.82) is 0 Å². The number of carbonyl (C=O) groups is 2. The summed E-state index contributed by atoms with van der Waals surface area (Å²) < 4.78 is 11.8. The van der Waals surface area contributed by atoms with Crippen LogP contribution in [0.2, 0.25) is 0 Å². The molecule has 26 heavy (non-hydrogen) atoms. The number of carboxylic acid groups (broad SMARTS) is 1. The van der Waals surface area contributed by atoms with Crippen LogP contribution in [0.5, 0.6) is 11.5 Å². The number of hydrogen-bond donors (Lipinski definition) is 1. The number of carboxylic acids is 1. The van der Waals surface area contributed by atoms with Gasteiger partial charge in [0.25, 0.3) is 0 Å². The zero-order chi connectivity index (χ0) is 18.3. The molecule has 0 saturated heterocycles.